The molecule has 20 N–H and O–H groups in total. The van der Waals surface area contributed by atoms with Gasteiger partial charge in [-0.05, 0) is 44.6 Å². The summed E-state index contributed by atoms with van der Waals surface area (Å²) in [6.45, 7) is 9.50. The number of carboxylic acid groups (broad SMARTS) is 6. The Hall–Kier alpha value is -3.64. The highest BCUT2D eigenvalue weighted by molar-refractivity contribution is 7.80. The Kier molecular flexibility index (Phi) is 36.3. The standard InChI is InChI=1S/C6H13NO2.C5H10N2O3.C5H9NO2.C5H11NO2.C4H9NO3.C3H7NO2S/c1-3-4(2)5(7)6(8)9;6-3(5(9)10)1-2-4(7)8;7-5(8)4-2-1-3-6-4;1-3(2)4(6)5(7)8;1-2(6)3(5)4(7)8;4-2(1-7)3(5)6/h4-5H,3,7H2,1-2H3,(H,8,9);3H,1-2,6H2,(H2,7,8)(H,9,10);4,6H,1-3H2,(H,7,8);3-4H,6H2,1-2H3,(H,7,8);2-3,6H,5H2,1H3,(H,7,8);2,7H,1,4H2,(H,5,6)/t4-,5-;3-;2*4-;2-,3+;2-/m000010/s1. The van der Waals surface area contributed by atoms with Gasteiger partial charge in [-0.25, -0.2) is 0 Å². The first-order valence-corrected chi connectivity index (χ1v) is 15.8. The van der Waals surface area contributed by atoms with E-state index in [1.165, 1.54) is 6.92 Å². The number of hydrogen-bond acceptors (Lipinski definition) is 15. The summed E-state index contributed by atoms with van der Waals surface area (Å²) in [6, 6.07) is -4.63. The van der Waals surface area contributed by atoms with Crippen molar-refractivity contribution in [3.63, 3.8) is 0 Å². The molecule has 0 spiro atoms. The van der Waals surface area contributed by atoms with Crippen molar-refractivity contribution in [2.24, 2.45) is 46.2 Å². The van der Waals surface area contributed by atoms with Gasteiger partial charge in [0.05, 0.1) is 6.10 Å². The van der Waals surface area contributed by atoms with Crippen LogP contribution in [0.3, 0.4) is 0 Å². The topological polar surface area (TPSA) is 429 Å². The van der Waals surface area contributed by atoms with Crippen LogP contribution in [0.5, 0.6) is 0 Å². The lowest BCUT2D eigenvalue weighted by atomic mass is 10.0. The van der Waals surface area contributed by atoms with Crippen LogP contribution < -0.4 is 39.7 Å². The summed E-state index contributed by atoms with van der Waals surface area (Å²) in [6.07, 6.45) is 1.74. The molecule has 0 aromatic carbocycles. The minimum atomic E-state index is -1.18. The summed E-state index contributed by atoms with van der Waals surface area (Å²) in [5.41, 5.74) is 30.1. The SMILES string of the molecule is CC(C)[C@H](N)C(=O)O.CC[C@H](C)[C@H](N)C(=O)O.C[C@@H](O)[C@H](N)C(=O)O.NC(=O)CC[C@H](N)C(=O)O.N[C@@H](CS)C(=O)O.O=C(O)[C@@H]1CCCN1. The molecule has 1 rings (SSSR count). The molecule has 1 heterocycles. The number of aliphatic carboxylic acids is 6. The Labute approximate surface area is 296 Å². The molecule has 50 heavy (non-hydrogen) atoms. The Bertz CT molecular complexity index is 961. The second kappa shape index (κ2) is 32.6. The van der Waals surface area contributed by atoms with Crippen LogP contribution in [0.15, 0.2) is 0 Å². The van der Waals surface area contributed by atoms with Crippen LogP contribution in [0, 0.1) is 11.8 Å². The van der Waals surface area contributed by atoms with E-state index in [0.29, 0.717) is 0 Å². The van der Waals surface area contributed by atoms with Gasteiger partial charge in [0.1, 0.15) is 36.3 Å². The first kappa shape index (κ1) is 55.8. The molecular formula is C28H59N7O14S. The monoisotopic (exact) mass is 749 g/mol. The molecule has 0 radical (unpaired) electrons. The molecule has 22 heteroatoms. The van der Waals surface area contributed by atoms with Gasteiger partial charge in [-0.2, -0.15) is 12.6 Å². The van der Waals surface area contributed by atoms with Crippen LogP contribution in [0.1, 0.15) is 66.7 Å². The van der Waals surface area contributed by atoms with Crippen molar-refractivity contribution in [1.82, 2.24) is 5.32 Å². The molecule has 8 atom stereocenters. The summed E-state index contributed by atoms with van der Waals surface area (Å²) >= 11 is 3.65. The van der Waals surface area contributed by atoms with Crippen molar-refractivity contribution in [2.75, 3.05) is 12.3 Å². The van der Waals surface area contributed by atoms with Crippen molar-refractivity contribution in [2.45, 2.75) is 109 Å². The molecule has 0 unspecified atom stereocenters. The van der Waals surface area contributed by atoms with Gasteiger partial charge in [0.15, 0.2) is 0 Å². The number of aliphatic hydroxyl groups is 1. The molecule has 1 aliphatic rings. The average molecular weight is 750 g/mol. The van der Waals surface area contributed by atoms with E-state index in [1.54, 1.807) is 13.8 Å². The zero-order chi connectivity index (χ0) is 40.9. The number of thiol groups is 1. The number of primary amides is 1. The molecule has 1 aliphatic heterocycles. The molecule has 0 aromatic rings. The third-order valence-electron chi connectivity index (χ3n) is 6.24. The van der Waals surface area contributed by atoms with Crippen LogP contribution in [-0.2, 0) is 33.6 Å². The van der Waals surface area contributed by atoms with Gasteiger partial charge < -0.3 is 75.5 Å². The Morgan fingerprint density at radius 2 is 1.14 bits per heavy atom. The summed E-state index contributed by atoms with van der Waals surface area (Å²) in [5.74, 6) is -6.11. The van der Waals surface area contributed by atoms with E-state index in [1.807, 2.05) is 13.8 Å². The van der Waals surface area contributed by atoms with E-state index >= 15 is 0 Å². The maximum absolute atomic E-state index is 10.2. The van der Waals surface area contributed by atoms with E-state index in [0.717, 1.165) is 25.8 Å². The predicted octanol–water partition coefficient (Wildman–Crippen LogP) is -2.91. The van der Waals surface area contributed by atoms with Gasteiger partial charge in [0, 0.05) is 12.2 Å². The minimum Gasteiger partial charge on any atom is -0.480 e. The molecule has 0 bridgehead atoms. The Balaban J connectivity index is -0.000000163. The highest BCUT2D eigenvalue weighted by atomic mass is 32.1. The Morgan fingerprint density at radius 3 is 1.26 bits per heavy atom. The highest BCUT2D eigenvalue weighted by Gasteiger charge is 2.20. The fourth-order valence-electron chi connectivity index (χ4n) is 2.38. The lowest BCUT2D eigenvalue weighted by Crippen LogP contribution is -2.39. The van der Waals surface area contributed by atoms with E-state index < -0.39 is 78.0 Å². The largest absolute Gasteiger partial charge is 0.480 e. The number of amides is 1. The van der Waals surface area contributed by atoms with Gasteiger partial charge in [-0.1, -0.05) is 34.1 Å². The smallest absolute Gasteiger partial charge is 0.323 e. The molecule has 0 aromatic heterocycles. The zero-order valence-corrected chi connectivity index (χ0v) is 29.9. The number of aliphatic hydroxyl groups excluding tert-OH is 1. The molecule has 1 saturated heterocycles. The second-order valence-corrected chi connectivity index (χ2v) is 11.4. The van der Waals surface area contributed by atoms with Gasteiger partial charge >= 0.3 is 35.8 Å². The summed E-state index contributed by atoms with van der Waals surface area (Å²) in [4.78, 5) is 70.1. The lowest BCUT2D eigenvalue weighted by molar-refractivity contribution is -0.141. The van der Waals surface area contributed by atoms with Crippen molar-refractivity contribution in [3.8, 4) is 0 Å². The van der Waals surface area contributed by atoms with Crippen molar-refractivity contribution >= 4 is 54.4 Å². The second-order valence-electron chi connectivity index (χ2n) is 11.0. The maximum Gasteiger partial charge on any atom is 0.323 e. The Morgan fingerprint density at radius 1 is 0.720 bits per heavy atom. The molecule has 1 fully saturated rings. The van der Waals surface area contributed by atoms with E-state index in [9.17, 15) is 33.6 Å². The molecule has 1 amide bonds. The third kappa shape index (κ3) is 35.7. The van der Waals surface area contributed by atoms with Crippen molar-refractivity contribution < 1.29 is 69.3 Å². The first-order chi connectivity index (χ1) is 22.7. The van der Waals surface area contributed by atoms with Gasteiger partial charge in [0.2, 0.25) is 5.91 Å². The average Bonchev–Trinajstić information content (AvgIpc) is 3.58. The number of rotatable bonds is 14. The van der Waals surface area contributed by atoms with E-state index in [2.05, 4.69) is 17.9 Å². The van der Waals surface area contributed by atoms with Crippen molar-refractivity contribution in [1.29, 1.82) is 0 Å². The van der Waals surface area contributed by atoms with Crippen LogP contribution >= 0.6 is 12.6 Å². The van der Waals surface area contributed by atoms with Gasteiger partial charge in [0.25, 0.3) is 0 Å². The molecule has 0 aliphatic carbocycles. The van der Waals surface area contributed by atoms with E-state index in [4.69, 9.17) is 70.1 Å². The number of hydrogen-bond donors (Lipinski definition) is 15. The number of carbonyl (C=O) groups excluding carboxylic acids is 1. The highest BCUT2D eigenvalue weighted by Crippen LogP contribution is 2.04. The molecular weight excluding hydrogens is 690 g/mol. The fraction of sp³-hybridized carbons (Fsp3) is 0.750. The maximum atomic E-state index is 10.2. The van der Waals surface area contributed by atoms with Crippen LogP contribution in [-0.4, -0.2) is 132 Å². The first-order valence-electron chi connectivity index (χ1n) is 15.2. The number of nitrogens with one attached hydrogen (secondary N) is 1. The minimum absolute atomic E-state index is 0.0208. The van der Waals surface area contributed by atoms with Gasteiger partial charge in [-0.15, -0.1) is 0 Å². The normalized spacial score (nSPS) is 16.9. The van der Waals surface area contributed by atoms with Crippen LogP contribution in [0.4, 0.5) is 0 Å². The summed E-state index contributed by atoms with van der Waals surface area (Å²) < 4.78 is 0. The summed E-state index contributed by atoms with van der Waals surface area (Å²) in [5, 5.41) is 60.6. The molecule has 21 nitrogen and oxygen atoms in total. The quantitative estimate of drug-likeness (QED) is 0.0791. The number of carboxylic acids is 6. The lowest BCUT2D eigenvalue weighted by Gasteiger charge is -2.11. The molecule has 0 saturated carbocycles. The van der Waals surface area contributed by atoms with Gasteiger partial charge in [-0.3, -0.25) is 33.6 Å². The number of carbonyl (C=O) groups is 7. The van der Waals surface area contributed by atoms with E-state index in [-0.39, 0.29) is 36.5 Å². The predicted molar refractivity (Wildman–Crippen MR) is 185 cm³/mol. The third-order valence-corrected chi connectivity index (χ3v) is 6.64. The van der Waals surface area contributed by atoms with Crippen molar-refractivity contribution in [3.05, 3.63) is 0 Å². The van der Waals surface area contributed by atoms with Crippen LogP contribution in [0.25, 0.3) is 0 Å². The number of nitrogens with two attached hydrogens (primary N) is 6. The van der Waals surface area contributed by atoms with Crippen LogP contribution in [0.2, 0.25) is 0 Å². The fourth-order valence-corrected chi connectivity index (χ4v) is 2.54. The molecule has 296 valence electrons. The zero-order valence-electron chi connectivity index (χ0n) is 29.0. The summed E-state index contributed by atoms with van der Waals surface area (Å²) in [7, 11) is 0.